The van der Waals surface area contributed by atoms with E-state index in [-0.39, 0.29) is 17.6 Å². The van der Waals surface area contributed by atoms with Gasteiger partial charge >= 0.3 is 6.09 Å². The molecule has 0 spiro atoms. The number of piperidine rings is 1. The van der Waals surface area contributed by atoms with Crippen LogP contribution < -0.4 is 5.56 Å². The number of carbonyl (C=O) groups is 1. The average Bonchev–Trinajstić information content (AvgIpc) is 2.45. The van der Waals surface area contributed by atoms with E-state index >= 15 is 0 Å². The molecule has 1 saturated heterocycles. The standard InChI is InChI=1S/C15H23N3O3S/c1-15(2,3)21-14(20)18-7-5-6-10(9-18)11-8-12(19)17-13(16-11)22-4/h8,10H,5-7,9H2,1-4H3,(H,16,17,19). The quantitative estimate of drug-likeness (QED) is 0.668. The van der Waals surface area contributed by atoms with Gasteiger partial charge in [0.25, 0.3) is 5.56 Å². The number of H-pyrrole nitrogens is 1. The van der Waals surface area contributed by atoms with Crippen molar-refractivity contribution in [1.29, 1.82) is 0 Å². The number of rotatable bonds is 2. The molecular formula is C15H23N3O3S. The Bertz CT molecular complexity index is 594. The van der Waals surface area contributed by atoms with Crippen LogP contribution in [0.5, 0.6) is 0 Å². The lowest BCUT2D eigenvalue weighted by atomic mass is 9.95. The maximum atomic E-state index is 12.2. The third kappa shape index (κ3) is 4.50. The van der Waals surface area contributed by atoms with Crippen LogP contribution in [-0.2, 0) is 4.74 Å². The second kappa shape index (κ2) is 6.73. The Morgan fingerprint density at radius 3 is 2.86 bits per heavy atom. The molecule has 1 fully saturated rings. The van der Waals surface area contributed by atoms with Gasteiger partial charge in [0, 0.05) is 25.1 Å². The molecule has 0 bridgehead atoms. The van der Waals surface area contributed by atoms with Gasteiger partial charge in [0.1, 0.15) is 5.60 Å². The first kappa shape index (κ1) is 16.9. The van der Waals surface area contributed by atoms with Gasteiger partial charge in [0.05, 0.1) is 5.69 Å². The second-order valence-electron chi connectivity index (χ2n) is 6.45. The molecule has 0 aliphatic carbocycles. The third-order valence-electron chi connectivity index (χ3n) is 3.42. The third-order valence-corrected chi connectivity index (χ3v) is 4.00. The Kier molecular flexibility index (Phi) is 5.16. The van der Waals surface area contributed by atoms with E-state index in [0.717, 1.165) is 18.5 Å². The largest absolute Gasteiger partial charge is 0.444 e. The Hall–Kier alpha value is -1.50. The number of nitrogens with zero attached hydrogens (tertiary/aromatic N) is 2. The number of aromatic nitrogens is 2. The Morgan fingerprint density at radius 1 is 1.50 bits per heavy atom. The van der Waals surface area contributed by atoms with Gasteiger partial charge in [-0.3, -0.25) is 4.79 Å². The Labute approximate surface area is 134 Å². The monoisotopic (exact) mass is 325 g/mol. The molecule has 1 aliphatic rings. The van der Waals surface area contributed by atoms with Gasteiger partial charge in [-0.15, -0.1) is 0 Å². The normalized spacial score (nSPS) is 19.1. The molecule has 1 atom stereocenters. The summed E-state index contributed by atoms with van der Waals surface area (Å²) < 4.78 is 5.42. The van der Waals surface area contributed by atoms with Crippen LogP contribution in [0.3, 0.4) is 0 Å². The van der Waals surface area contributed by atoms with Gasteiger partial charge in [0.2, 0.25) is 0 Å². The van der Waals surface area contributed by atoms with Crippen LogP contribution >= 0.6 is 11.8 Å². The van der Waals surface area contributed by atoms with Crippen LogP contribution in [0.2, 0.25) is 0 Å². The van der Waals surface area contributed by atoms with Crippen molar-refractivity contribution < 1.29 is 9.53 Å². The lowest BCUT2D eigenvalue weighted by molar-refractivity contribution is 0.0197. The highest BCUT2D eigenvalue weighted by atomic mass is 32.2. The number of ether oxygens (including phenoxy) is 1. The molecule has 1 aromatic rings. The van der Waals surface area contributed by atoms with E-state index in [1.54, 1.807) is 4.90 Å². The van der Waals surface area contributed by atoms with Crippen molar-refractivity contribution in [2.45, 2.75) is 50.3 Å². The molecule has 0 aromatic carbocycles. The number of nitrogens with one attached hydrogen (secondary N) is 1. The Morgan fingerprint density at radius 2 is 2.23 bits per heavy atom. The molecule has 22 heavy (non-hydrogen) atoms. The van der Waals surface area contributed by atoms with Crippen molar-refractivity contribution in [2.75, 3.05) is 19.3 Å². The van der Waals surface area contributed by atoms with E-state index in [2.05, 4.69) is 9.97 Å². The zero-order valence-electron chi connectivity index (χ0n) is 13.5. The summed E-state index contributed by atoms with van der Waals surface area (Å²) in [4.78, 5) is 32.8. The zero-order valence-corrected chi connectivity index (χ0v) is 14.3. The average molecular weight is 325 g/mol. The molecule has 1 unspecified atom stereocenters. The first-order valence-electron chi connectivity index (χ1n) is 7.41. The van der Waals surface area contributed by atoms with E-state index < -0.39 is 5.60 Å². The SMILES string of the molecule is CSc1nc(C2CCCN(C(=O)OC(C)(C)C)C2)cc(=O)[nH]1. The van der Waals surface area contributed by atoms with E-state index in [0.29, 0.717) is 18.2 Å². The summed E-state index contributed by atoms with van der Waals surface area (Å²) >= 11 is 1.40. The van der Waals surface area contributed by atoms with Crippen molar-refractivity contribution in [3.63, 3.8) is 0 Å². The number of carbonyl (C=O) groups excluding carboxylic acids is 1. The van der Waals surface area contributed by atoms with E-state index in [1.807, 2.05) is 27.0 Å². The highest BCUT2D eigenvalue weighted by molar-refractivity contribution is 7.98. The molecule has 1 N–H and O–H groups in total. The van der Waals surface area contributed by atoms with Crippen molar-refractivity contribution in [2.24, 2.45) is 0 Å². The summed E-state index contributed by atoms with van der Waals surface area (Å²) in [6, 6.07) is 1.53. The minimum absolute atomic E-state index is 0.0782. The molecule has 2 heterocycles. The molecule has 1 amide bonds. The molecule has 0 radical (unpaired) electrons. The summed E-state index contributed by atoms with van der Waals surface area (Å²) in [6.45, 7) is 6.79. The molecule has 7 heteroatoms. The zero-order chi connectivity index (χ0) is 16.3. The van der Waals surface area contributed by atoms with Gasteiger partial charge in [-0.25, -0.2) is 9.78 Å². The molecular weight excluding hydrogens is 302 g/mol. The predicted octanol–water partition coefficient (Wildman–Crippen LogP) is 2.61. The van der Waals surface area contributed by atoms with Crippen LogP contribution in [0.15, 0.2) is 16.0 Å². The smallest absolute Gasteiger partial charge is 0.410 e. The fourth-order valence-corrected chi connectivity index (χ4v) is 2.87. The van der Waals surface area contributed by atoms with Crippen LogP contribution in [-0.4, -0.2) is 45.9 Å². The van der Waals surface area contributed by atoms with E-state index in [1.165, 1.54) is 17.8 Å². The lowest BCUT2D eigenvalue weighted by Gasteiger charge is -2.33. The molecule has 0 saturated carbocycles. The van der Waals surface area contributed by atoms with E-state index in [4.69, 9.17) is 4.74 Å². The van der Waals surface area contributed by atoms with Gasteiger partial charge in [0.15, 0.2) is 5.16 Å². The summed E-state index contributed by atoms with van der Waals surface area (Å²) in [6.07, 6.45) is 3.37. The van der Waals surface area contributed by atoms with Crippen molar-refractivity contribution in [3.05, 3.63) is 22.1 Å². The summed E-state index contributed by atoms with van der Waals surface area (Å²) in [5, 5.41) is 0.608. The fraction of sp³-hybridized carbons (Fsp3) is 0.667. The van der Waals surface area contributed by atoms with Crippen molar-refractivity contribution >= 4 is 17.9 Å². The number of hydrogen-bond acceptors (Lipinski definition) is 5. The number of amides is 1. The van der Waals surface area contributed by atoms with Gasteiger partial charge in [-0.05, 0) is 39.9 Å². The summed E-state index contributed by atoms with van der Waals surface area (Å²) in [5.41, 5.74) is 0.100. The predicted molar refractivity (Wildman–Crippen MR) is 86.4 cm³/mol. The molecule has 1 aliphatic heterocycles. The first-order valence-corrected chi connectivity index (χ1v) is 8.64. The van der Waals surface area contributed by atoms with Crippen LogP contribution in [0.4, 0.5) is 4.79 Å². The number of thioether (sulfide) groups is 1. The molecule has 6 nitrogen and oxygen atoms in total. The topological polar surface area (TPSA) is 75.3 Å². The van der Waals surface area contributed by atoms with Gasteiger partial charge in [-0.2, -0.15) is 0 Å². The van der Waals surface area contributed by atoms with Crippen molar-refractivity contribution in [1.82, 2.24) is 14.9 Å². The first-order chi connectivity index (χ1) is 10.3. The van der Waals surface area contributed by atoms with Crippen LogP contribution in [0, 0.1) is 0 Å². The van der Waals surface area contributed by atoms with Gasteiger partial charge in [-0.1, -0.05) is 11.8 Å². The summed E-state index contributed by atoms with van der Waals surface area (Å²) in [5.74, 6) is 0.0782. The molecule has 1 aromatic heterocycles. The Balaban J connectivity index is 2.12. The number of aromatic amines is 1. The van der Waals surface area contributed by atoms with Crippen molar-refractivity contribution in [3.8, 4) is 0 Å². The maximum Gasteiger partial charge on any atom is 0.410 e. The summed E-state index contributed by atoms with van der Waals surface area (Å²) in [7, 11) is 0. The van der Waals surface area contributed by atoms with Gasteiger partial charge < -0.3 is 14.6 Å². The van der Waals surface area contributed by atoms with E-state index in [9.17, 15) is 9.59 Å². The minimum atomic E-state index is -0.502. The maximum absolute atomic E-state index is 12.2. The fourth-order valence-electron chi connectivity index (χ4n) is 2.47. The number of hydrogen-bond donors (Lipinski definition) is 1. The second-order valence-corrected chi connectivity index (χ2v) is 7.24. The lowest BCUT2D eigenvalue weighted by Crippen LogP contribution is -2.42. The highest BCUT2D eigenvalue weighted by Crippen LogP contribution is 2.26. The molecule has 122 valence electrons. The minimum Gasteiger partial charge on any atom is -0.444 e. The molecule has 2 rings (SSSR count). The van der Waals surface area contributed by atoms with Crippen LogP contribution in [0.1, 0.15) is 45.2 Å². The number of likely N-dealkylation sites (tertiary alicyclic amines) is 1. The van der Waals surface area contributed by atoms with Crippen LogP contribution in [0.25, 0.3) is 0 Å². The highest BCUT2D eigenvalue weighted by Gasteiger charge is 2.29.